The number of fused-ring (bicyclic) bond motifs is 1. The van der Waals surface area contributed by atoms with Crippen LogP contribution in [0.5, 0.6) is 0 Å². The average Bonchev–Trinajstić information content (AvgIpc) is 3.35. The second-order valence-corrected chi connectivity index (χ2v) is 7.53. The van der Waals surface area contributed by atoms with Crippen molar-refractivity contribution in [2.75, 3.05) is 31.5 Å². The SMILES string of the molecule is Cc1[nH]c(C=C2C(=O)Nc3ccccc32)c(C)c1C(=O)NCCN1CCCC1. The second-order valence-electron chi connectivity index (χ2n) is 7.53. The summed E-state index contributed by atoms with van der Waals surface area (Å²) in [6.45, 7) is 7.60. The third kappa shape index (κ3) is 3.47. The first-order valence-electron chi connectivity index (χ1n) is 9.87. The molecule has 146 valence electrons. The summed E-state index contributed by atoms with van der Waals surface area (Å²) < 4.78 is 0. The van der Waals surface area contributed by atoms with Crippen LogP contribution < -0.4 is 10.6 Å². The van der Waals surface area contributed by atoms with E-state index in [1.807, 2.05) is 44.2 Å². The fourth-order valence-corrected chi connectivity index (χ4v) is 4.11. The van der Waals surface area contributed by atoms with Crippen LogP contribution in [0.3, 0.4) is 0 Å². The molecule has 0 unspecified atom stereocenters. The van der Waals surface area contributed by atoms with Crippen LogP contribution in [0.1, 0.15) is 45.7 Å². The predicted molar refractivity (Wildman–Crippen MR) is 111 cm³/mol. The van der Waals surface area contributed by atoms with E-state index in [1.54, 1.807) is 0 Å². The highest BCUT2D eigenvalue weighted by atomic mass is 16.2. The topological polar surface area (TPSA) is 77.2 Å². The Hall–Kier alpha value is -2.86. The molecule has 2 aliphatic rings. The third-order valence-electron chi connectivity index (χ3n) is 5.61. The van der Waals surface area contributed by atoms with Gasteiger partial charge in [-0.3, -0.25) is 9.59 Å². The molecule has 6 nitrogen and oxygen atoms in total. The Morgan fingerprint density at radius 3 is 2.75 bits per heavy atom. The lowest BCUT2D eigenvalue weighted by molar-refractivity contribution is -0.110. The fourth-order valence-electron chi connectivity index (χ4n) is 4.11. The molecule has 28 heavy (non-hydrogen) atoms. The van der Waals surface area contributed by atoms with Gasteiger partial charge in [0.05, 0.1) is 11.1 Å². The van der Waals surface area contributed by atoms with E-state index in [4.69, 9.17) is 0 Å². The molecule has 0 radical (unpaired) electrons. The number of nitrogens with one attached hydrogen (secondary N) is 3. The molecule has 1 aromatic heterocycles. The number of amides is 2. The number of likely N-dealkylation sites (tertiary alicyclic amines) is 1. The van der Waals surface area contributed by atoms with E-state index in [9.17, 15) is 9.59 Å². The Morgan fingerprint density at radius 2 is 1.96 bits per heavy atom. The molecule has 2 aliphatic heterocycles. The van der Waals surface area contributed by atoms with Crippen LogP contribution in [0.2, 0.25) is 0 Å². The smallest absolute Gasteiger partial charge is 0.256 e. The van der Waals surface area contributed by atoms with Gasteiger partial charge in [0, 0.05) is 35.7 Å². The van der Waals surface area contributed by atoms with Crippen molar-refractivity contribution in [3.05, 3.63) is 52.3 Å². The maximum atomic E-state index is 12.7. The molecule has 1 aromatic carbocycles. The molecular formula is C22H26N4O2. The molecule has 6 heteroatoms. The molecule has 3 heterocycles. The van der Waals surface area contributed by atoms with Gasteiger partial charge in [0.15, 0.2) is 0 Å². The maximum absolute atomic E-state index is 12.7. The number of rotatable bonds is 5. The van der Waals surface area contributed by atoms with Gasteiger partial charge < -0.3 is 20.5 Å². The molecule has 4 rings (SSSR count). The average molecular weight is 378 g/mol. The first kappa shape index (κ1) is 18.5. The van der Waals surface area contributed by atoms with Crippen LogP contribution in [0.4, 0.5) is 5.69 Å². The molecule has 0 saturated carbocycles. The highest BCUT2D eigenvalue weighted by Crippen LogP contribution is 2.33. The van der Waals surface area contributed by atoms with Crippen LogP contribution in [-0.2, 0) is 4.79 Å². The van der Waals surface area contributed by atoms with Gasteiger partial charge in [-0.15, -0.1) is 0 Å². The zero-order valence-corrected chi connectivity index (χ0v) is 16.4. The number of nitrogens with zero attached hydrogens (tertiary/aromatic N) is 1. The number of hydrogen-bond donors (Lipinski definition) is 3. The van der Waals surface area contributed by atoms with Crippen LogP contribution in [0.25, 0.3) is 11.6 Å². The quantitative estimate of drug-likeness (QED) is 0.700. The van der Waals surface area contributed by atoms with Crippen molar-refractivity contribution in [1.29, 1.82) is 0 Å². The van der Waals surface area contributed by atoms with Gasteiger partial charge in [0.1, 0.15) is 0 Å². The molecule has 1 fully saturated rings. The van der Waals surface area contributed by atoms with Crippen LogP contribution in [-0.4, -0.2) is 47.9 Å². The van der Waals surface area contributed by atoms with Crippen LogP contribution in [0, 0.1) is 13.8 Å². The van der Waals surface area contributed by atoms with Gasteiger partial charge in [-0.1, -0.05) is 18.2 Å². The lowest BCUT2D eigenvalue weighted by Gasteiger charge is -2.14. The monoisotopic (exact) mass is 378 g/mol. The van der Waals surface area contributed by atoms with Crippen LogP contribution >= 0.6 is 0 Å². The lowest BCUT2D eigenvalue weighted by Crippen LogP contribution is -2.33. The number of aromatic amines is 1. The van der Waals surface area contributed by atoms with Gasteiger partial charge in [-0.2, -0.15) is 0 Å². The molecule has 1 saturated heterocycles. The number of aryl methyl sites for hydroxylation is 1. The number of anilines is 1. The number of benzene rings is 1. The molecule has 0 bridgehead atoms. The lowest BCUT2D eigenvalue weighted by atomic mass is 10.0. The fraction of sp³-hybridized carbons (Fsp3) is 0.364. The predicted octanol–water partition coefficient (Wildman–Crippen LogP) is 2.95. The molecule has 0 spiro atoms. The van der Waals surface area contributed by atoms with Gasteiger partial charge in [0.2, 0.25) is 0 Å². The standard InChI is InChI=1S/C22H26N4O2/c1-14-19(13-17-16-7-3-4-8-18(16)25-21(17)27)24-15(2)20(14)22(28)23-9-12-26-10-5-6-11-26/h3-4,7-8,13,24H,5-6,9-12H2,1-2H3,(H,23,28)(H,25,27). The van der Waals surface area contributed by atoms with E-state index >= 15 is 0 Å². The molecule has 0 atom stereocenters. The summed E-state index contributed by atoms with van der Waals surface area (Å²) in [7, 11) is 0. The highest BCUT2D eigenvalue weighted by molar-refractivity contribution is 6.34. The van der Waals surface area contributed by atoms with E-state index < -0.39 is 0 Å². The normalized spacial score (nSPS) is 17.8. The first-order valence-corrected chi connectivity index (χ1v) is 9.87. The van der Waals surface area contributed by atoms with Crippen molar-refractivity contribution in [3.63, 3.8) is 0 Å². The molecule has 2 aromatic rings. The zero-order valence-electron chi connectivity index (χ0n) is 16.4. The van der Waals surface area contributed by atoms with Crippen molar-refractivity contribution in [1.82, 2.24) is 15.2 Å². The minimum absolute atomic E-state index is 0.0635. The van der Waals surface area contributed by atoms with E-state index in [2.05, 4.69) is 20.5 Å². The molecule has 3 N–H and O–H groups in total. The number of carbonyl (C=O) groups excluding carboxylic acids is 2. The van der Waals surface area contributed by atoms with Gasteiger partial charge in [0.25, 0.3) is 11.8 Å². The summed E-state index contributed by atoms with van der Waals surface area (Å²) in [6.07, 6.45) is 4.34. The Balaban J connectivity index is 1.53. The summed E-state index contributed by atoms with van der Waals surface area (Å²) in [4.78, 5) is 30.7. The summed E-state index contributed by atoms with van der Waals surface area (Å²) in [6, 6.07) is 7.63. The Morgan fingerprint density at radius 1 is 1.21 bits per heavy atom. The summed E-state index contributed by atoms with van der Waals surface area (Å²) in [5.41, 5.74) is 5.45. The number of carbonyl (C=O) groups is 2. The largest absolute Gasteiger partial charge is 0.358 e. The maximum Gasteiger partial charge on any atom is 0.256 e. The molecule has 2 amide bonds. The summed E-state index contributed by atoms with van der Waals surface area (Å²) >= 11 is 0. The Kier molecular flexibility index (Phi) is 5.05. The highest BCUT2D eigenvalue weighted by Gasteiger charge is 2.25. The van der Waals surface area contributed by atoms with E-state index in [0.717, 1.165) is 47.8 Å². The van der Waals surface area contributed by atoms with Crippen LogP contribution in [0.15, 0.2) is 24.3 Å². The summed E-state index contributed by atoms with van der Waals surface area (Å²) in [5.74, 6) is -0.184. The van der Waals surface area contributed by atoms with Gasteiger partial charge >= 0.3 is 0 Å². The zero-order chi connectivity index (χ0) is 19.7. The number of H-pyrrole nitrogens is 1. The van der Waals surface area contributed by atoms with Crippen molar-refractivity contribution in [2.24, 2.45) is 0 Å². The van der Waals surface area contributed by atoms with E-state index in [0.29, 0.717) is 17.7 Å². The van der Waals surface area contributed by atoms with Crippen molar-refractivity contribution in [3.8, 4) is 0 Å². The number of hydrogen-bond acceptors (Lipinski definition) is 3. The van der Waals surface area contributed by atoms with E-state index in [1.165, 1.54) is 12.8 Å². The number of aromatic nitrogens is 1. The molecular weight excluding hydrogens is 352 g/mol. The Bertz CT molecular complexity index is 951. The number of para-hydroxylation sites is 1. The van der Waals surface area contributed by atoms with Crippen molar-refractivity contribution in [2.45, 2.75) is 26.7 Å². The first-order chi connectivity index (χ1) is 13.5. The van der Waals surface area contributed by atoms with E-state index in [-0.39, 0.29) is 11.8 Å². The van der Waals surface area contributed by atoms with Gasteiger partial charge in [-0.05, 0) is 57.5 Å². The summed E-state index contributed by atoms with van der Waals surface area (Å²) in [5, 5.41) is 5.92. The third-order valence-corrected chi connectivity index (χ3v) is 5.61. The minimum Gasteiger partial charge on any atom is -0.358 e. The second kappa shape index (κ2) is 7.64. The van der Waals surface area contributed by atoms with Crippen molar-refractivity contribution >= 4 is 29.2 Å². The molecule has 0 aliphatic carbocycles. The van der Waals surface area contributed by atoms with Gasteiger partial charge in [-0.25, -0.2) is 0 Å². The Labute approximate surface area is 165 Å². The van der Waals surface area contributed by atoms with Crippen molar-refractivity contribution < 1.29 is 9.59 Å². The minimum atomic E-state index is -0.121.